The van der Waals surface area contributed by atoms with E-state index >= 15 is 0 Å². The molecule has 198 valence electrons. The summed E-state index contributed by atoms with van der Waals surface area (Å²) in [7, 11) is 0. The highest BCUT2D eigenvalue weighted by molar-refractivity contribution is 5.96. The van der Waals surface area contributed by atoms with Crippen molar-refractivity contribution in [3.05, 3.63) is 0 Å². The number of nitrogens with one attached hydrogen (secondary N) is 3. The van der Waals surface area contributed by atoms with Crippen molar-refractivity contribution in [3.8, 4) is 0 Å². The number of nitrogens with two attached hydrogens (primary N) is 5. The molecule has 0 rings (SSSR count). The highest BCUT2D eigenvalue weighted by Crippen LogP contribution is 2.04. The van der Waals surface area contributed by atoms with Crippen LogP contribution in [0.3, 0.4) is 0 Å². The first-order chi connectivity index (χ1) is 16.3. The zero-order chi connectivity index (χ0) is 27.1. The van der Waals surface area contributed by atoms with Gasteiger partial charge < -0.3 is 54.8 Å². The number of aliphatic carboxylic acids is 1. The highest BCUT2D eigenvalue weighted by Gasteiger charge is 2.31. The number of hydrogen-bond acceptors (Lipinski definition) is 9. The zero-order valence-electron chi connectivity index (χ0n) is 18.9. The number of rotatable bonds is 17. The summed E-state index contributed by atoms with van der Waals surface area (Å²) < 4.78 is 0. The molecular weight excluding hydrogens is 470 g/mol. The maximum Gasteiger partial charge on any atom is 0.328 e. The van der Waals surface area contributed by atoms with Crippen LogP contribution < -0.4 is 44.6 Å². The van der Waals surface area contributed by atoms with E-state index in [1.54, 1.807) is 0 Å². The Balaban J connectivity index is 5.54. The fraction of sp³-hybridized carbons (Fsp3) is 0.611. The van der Waals surface area contributed by atoms with Gasteiger partial charge in [0.25, 0.3) is 0 Å². The van der Waals surface area contributed by atoms with Crippen LogP contribution in [0, 0.1) is 0 Å². The molecule has 0 spiro atoms. The van der Waals surface area contributed by atoms with Crippen LogP contribution in [0.15, 0.2) is 4.99 Å². The van der Waals surface area contributed by atoms with Crippen LogP contribution in [-0.4, -0.2) is 89.0 Å². The summed E-state index contributed by atoms with van der Waals surface area (Å²) in [5, 5.41) is 24.6. The summed E-state index contributed by atoms with van der Waals surface area (Å²) in [6.07, 6.45) is -0.802. The van der Waals surface area contributed by atoms with E-state index in [4.69, 9.17) is 38.9 Å². The van der Waals surface area contributed by atoms with Crippen molar-refractivity contribution in [3.63, 3.8) is 0 Å². The number of carboxylic acids is 1. The van der Waals surface area contributed by atoms with Gasteiger partial charge in [-0.05, 0) is 19.3 Å². The van der Waals surface area contributed by atoms with Gasteiger partial charge in [0.2, 0.25) is 29.5 Å². The Kier molecular flexibility index (Phi) is 14.0. The number of carbonyl (C=O) groups is 6. The number of aliphatic hydroxyl groups is 1. The molecule has 17 heteroatoms. The Morgan fingerprint density at radius 2 is 1.31 bits per heavy atom. The lowest BCUT2D eigenvalue weighted by atomic mass is 10.1. The molecule has 0 bridgehead atoms. The van der Waals surface area contributed by atoms with Crippen LogP contribution in [0.5, 0.6) is 0 Å². The molecule has 0 fully saturated rings. The molecule has 0 aromatic carbocycles. The van der Waals surface area contributed by atoms with E-state index < -0.39 is 72.7 Å². The van der Waals surface area contributed by atoms with E-state index in [1.807, 2.05) is 5.32 Å². The first-order valence-corrected chi connectivity index (χ1v) is 10.4. The van der Waals surface area contributed by atoms with Gasteiger partial charge >= 0.3 is 5.97 Å². The first kappa shape index (κ1) is 31.0. The number of primary amides is 2. The molecule has 35 heavy (non-hydrogen) atoms. The SMILES string of the molecule is NC(=O)CCC(N)C(=O)NC(CCCN=C(N)N)C(=O)NC(CC(N)=O)C(=O)NC(CO)C(=O)O. The van der Waals surface area contributed by atoms with Crippen molar-refractivity contribution in [2.24, 2.45) is 33.7 Å². The van der Waals surface area contributed by atoms with Crippen LogP contribution in [0.1, 0.15) is 32.1 Å². The highest BCUT2D eigenvalue weighted by atomic mass is 16.4. The third-order valence-corrected chi connectivity index (χ3v) is 4.45. The molecule has 17 nitrogen and oxygen atoms in total. The summed E-state index contributed by atoms with van der Waals surface area (Å²) in [5.41, 5.74) is 26.3. The Morgan fingerprint density at radius 1 is 0.771 bits per heavy atom. The van der Waals surface area contributed by atoms with Gasteiger partial charge in [0.05, 0.1) is 19.1 Å². The van der Waals surface area contributed by atoms with E-state index in [-0.39, 0.29) is 38.2 Å². The number of carboxylic acid groups (broad SMARTS) is 1. The van der Waals surface area contributed by atoms with Crippen LogP contribution in [0.25, 0.3) is 0 Å². The summed E-state index contributed by atoms with van der Waals surface area (Å²) in [4.78, 5) is 74.8. The van der Waals surface area contributed by atoms with Gasteiger partial charge in [-0.1, -0.05) is 0 Å². The molecule has 0 aliphatic rings. The van der Waals surface area contributed by atoms with Gasteiger partial charge in [-0.15, -0.1) is 0 Å². The lowest BCUT2D eigenvalue weighted by Crippen LogP contribution is -2.58. The van der Waals surface area contributed by atoms with Gasteiger partial charge in [-0.25, -0.2) is 4.79 Å². The number of guanidine groups is 1. The van der Waals surface area contributed by atoms with Gasteiger partial charge in [0.1, 0.15) is 18.1 Å². The smallest absolute Gasteiger partial charge is 0.328 e. The van der Waals surface area contributed by atoms with E-state index in [0.29, 0.717) is 0 Å². The quantitative estimate of drug-likeness (QED) is 0.0505. The molecule has 0 aromatic heterocycles. The second-order valence-corrected chi connectivity index (χ2v) is 7.44. The molecule has 0 aliphatic carbocycles. The molecule has 0 saturated carbocycles. The number of aliphatic imine (C=N–C) groups is 1. The Bertz CT molecular complexity index is 816. The van der Waals surface area contributed by atoms with Gasteiger partial charge in [0.15, 0.2) is 5.96 Å². The van der Waals surface area contributed by atoms with Crippen molar-refractivity contribution in [1.29, 1.82) is 0 Å². The van der Waals surface area contributed by atoms with Crippen molar-refractivity contribution in [1.82, 2.24) is 16.0 Å². The maximum atomic E-state index is 12.9. The maximum absolute atomic E-state index is 12.9. The van der Waals surface area contributed by atoms with Gasteiger partial charge in [-0.3, -0.25) is 29.0 Å². The standard InChI is InChI=1S/C18H33N9O8/c19-8(3-4-12(20)29)14(31)25-9(2-1-5-24-18(22)23)15(32)26-10(6-13(21)30)16(33)27-11(7-28)17(34)35/h8-11,28H,1-7,19H2,(H2,20,29)(H2,21,30)(H,25,31)(H,26,32)(H,27,33)(H,34,35)(H4,22,23,24). The van der Waals surface area contributed by atoms with Crippen molar-refractivity contribution < 1.29 is 39.0 Å². The third kappa shape index (κ3) is 13.3. The third-order valence-electron chi connectivity index (χ3n) is 4.45. The van der Waals surface area contributed by atoms with Crippen LogP contribution in [-0.2, 0) is 28.8 Å². The fourth-order valence-corrected chi connectivity index (χ4v) is 2.62. The molecule has 0 saturated heterocycles. The minimum Gasteiger partial charge on any atom is -0.480 e. The Labute approximate surface area is 200 Å². The number of nitrogens with zero attached hydrogens (tertiary/aromatic N) is 1. The number of amides is 5. The molecule has 0 aliphatic heterocycles. The van der Waals surface area contributed by atoms with E-state index in [9.17, 15) is 28.8 Å². The molecule has 0 aromatic rings. The van der Waals surface area contributed by atoms with Crippen molar-refractivity contribution in [2.45, 2.75) is 56.3 Å². The zero-order valence-corrected chi connectivity index (χ0v) is 18.9. The van der Waals surface area contributed by atoms with Crippen LogP contribution >= 0.6 is 0 Å². The lowest BCUT2D eigenvalue weighted by Gasteiger charge is -2.24. The lowest BCUT2D eigenvalue weighted by molar-refractivity contribution is -0.143. The molecule has 4 atom stereocenters. The summed E-state index contributed by atoms with van der Waals surface area (Å²) in [5.74, 6) is -6.26. The molecule has 5 amide bonds. The number of carbonyl (C=O) groups excluding carboxylic acids is 5. The Morgan fingerprint density at radius 3 is 1.80 bits per heavy atom. The van der Waals surface area contributed by atoms with Crippen molar-refractivity contribution >= 4 is 41.5 Å². The average molecular weight is 504 g/mol. The van der Waals surface area contributed by atoms with E-state index in [2.05, 4.69) is 15.6 Å². The summed E-state index contributed by atoms with van der Waals surface area (Å²) >= 11 is 0. The van der Waals surface area contributed by atoms with E-state index in [1.165, 1.54) is 0 Å². The second-order valence-electron chi connectivity index (χ2n) is 7.44. The minimum atomic E-state index is -1.70. The second kappa shape index (κ2) is 15.8. The largest absolute Gasteiger partial charge is 0.480 e. The summed E-state index contributed by atoms with van der Waals surface area (Å²) in [6.45, 7) is -0.858. The van der Waals surface area contributed by atoms with Crippen molar-refractivity contribution in [2.75, 3.05) is 13.2 Å². The molecule has 15 N–H and O–H groups in total. The minimum absolute atomic E-state index is 0.0316. The van der Waals surface area contributed by atoms with E-state index in [0.717, 1.165) is 0 Å². The number of aliphatic hydroxyl groups excluding tert-OH is 1. The van der Waals surface area contributed by atoms with Gasteiger partial charge in [0, 0.05) is 13.0 Å². The average Bonchev–Trinajstić information content (AvgIpc) is 2.75. The summed E-state index contributed by atoms with van der Waals surface area (Å²) in [6, 6.07) is -5.78. The number of hydrogen-bond donors (Lipinski definition) is 10. The topological polar surface area (TPSA) is 321 Å². The predicted octanol–water partition coefficient (Wildman–Crippen LogP) is -5.96. The van der Waals surface area contributed by atoms with Gasteiger partial charge in [-0.2, -0.15) is 0 Å². The first-order valence-electron chi connectivity index (χ1n) is 10.4. The molecular formula is C18H33N9O8. The monoisotopic (exact) mass is 503 g/mol. The Hall–Kier alpha value is -3.99. The molecule has 4 unspecified atom stereocenters. The predicted molar refractivity (Wildman–Crippen MR) is 121 cm³/mol. The van der Waals surface area contributed by atoms with Crippen LogP contribution in [0.2, 0.25) is 0 Å². The fourth-order valence-electron chi connectivity index (χ4n) is 2.62. The molecule has 0 heterocycles. The normalized spacial score (nSPS) is 13.9. The molecule has 0 radical (unpaired) electrons. The van der Waals surface area contributed by atoms with Crippen LogP contribution in [0.4, 0.5) is 0 Å².